The van der Waals surface area contributed by atoms with Crippen LogP contribution in [0.3, 0.4) is 0 Å². The maximum absolute atomic E-state index is 9.51. The third-order valence-electron chi connectivity index (χ3n) is 7.19. The van der Waals surface area contributed by atoms with Gasteiger partial charge < -0.3 is 15.1 Å². The lowest BCUT2D eigenvalue weighted by molar-refractivity contribution is 0.168. The molecule has 7 heteroatoms. The van der Waals surface area contributed by atoms with Crippen LogP contribution in [0.1, 0.15) is 37.7 Å². The van der Waals surface area contributed by atoms with E-state index < -0.39 is 0 Å². The fourth-order valence-electron chi connectivity index (χ4n) is 5.35. The van der Waals surface area contributed by atoms with Crippen molar-refractivity contribution >= 4 is 28.5 Å². The lowest BCUT2D eigenvalue weighted by Crippen LogP contribution is -2.59. The molecule has 2 aromatic carbocycles. The summed E-state index contributed by atoms with van der Waals surface area (Å²) in [5.74, 6) is 2.13. The predicted octanol–water partition coefficient (Wildman–Crippen LogP) is 4.96. The molecule has 1 saturated heterocycles. The first kappa shape index (κ1) is 22.1. The maximum Gasteiger partial charge on any atom is 0.214 e. The second-order valence-corrected chi connectivity index (χ2v) is 9.30. The van der Waals surface area contributed by atoms with Crippen LogP contribution < -0.4 is 10.2 Å². The molecule has 2 fully saturated rings. The summed E-state index contributed by atoms with van der Waals surface area (Å²) in [6, 6.07) is 16.4. The first-order valence-corrected chi connectivity index (χ1v) is 12.3. The summed E-state index contributed by atoms with van der Waals surface area (Å²) in [7, 11) is 0. The van der Waals surface area contributed by atoms with Crippen molar-refractivity contribution in [2.75, 3.05) is 29.9 Å². The number of aryl methyl sites for hydroxylation is 1. The number of piperazine rings is 1. The van der Waals surface area contributed by atoms with Gasteiger partial charge in [0.25, 0.3) is 0 Å². The van der Waals surface area contributed by atoms with Gasteiger partial charge in [-0.25, -0.2) is 4.98 Å². The zero-order chi connectivity index (χ0) is 23.3. The van der Waals surface area contributed by atoms with Gasteiger partial charge in [-0.2, -0.15) is 5.26 Å². The van der Waals surface area contributed by atoms with E-state index in [2.05, 4.69) is 38.1 Å². The normalized spacial score (nSPS) is 19.8. The number of rotatable bonds is 3. The molecule has 0 amide bonds. The van der Waals surface area contributed by atoms with Crippen molar-refractivity contribution in [1.29, 1.82) is 5.26 Å². The smallest absolute Gasteiger partial charge is 0.214 e. The Hall–Kier alpha value is -3.66. The molecule has 1 aliphatic heterocycles. The van der Waals surface area contributed by atoms with Crippen molar-refractivity contribution in [3.05, 3.63) is 60.3 Å². The molecule has 5 rings (SSSR count). The average Bonchev–Trinajstić information content (AvgIpc) is 2.89. The van der Waals surface area contributed by atoms with Gasteiger partial charge in [0.05, 0.1) is 23.3 Å². The van der Waals surface area contributed by atoms with Gasteiger partial charge in [-0.3, -0.25) is 4.98 Å². The molecule has 1 aliphatic carbocycles. The van der Waals surface area contributed by atoms with Crippen LogP contribution in [0.2, 0.25) is 0 Å². The monoisotopic (exact) mass is 453 g/mol. The lowest BCUT2D eigenvalue weighted by Gasteiger charge is -2.47. The van der Waals surface area contributed by atoms with E-state index in [1.807, 2.05) is 54.9 Å². The van der Waals surface area contributed by atoms with Gasteiger partial charge in [0.15, 0.2) is 0 Å². The first-order valence-electron chi connectivity index (χ1n) is 12.3. The molecule has 1 saturated carbocycles. The highest BCUT2D eigenvalue weighted by molar-refractivity contribution is 5.95. The van der Waals surface area contributed by atoms with E-state index in [1.165, 1.54) is 32.1 Å². The molecule has 174 valence electrons. The Kier molecular flexibility index (Phi) is 6.57. The van der Waals surface area contributed by atoms with E-state index in [4.69, 9.17) is 4.98 Å². The summed E-state index contributed by atoms with van der Waals surface area (Å²) in [5.41, 5.74) is 3.96. The Morgan fingerprint density at radius 1 is 1.03 bits per heavy atom. The van der Waals surface area contributed by atoms with Crippen molar-refractivity contribution in [2.45, 2.75) is 45.1 Å². The van der Waals surface area contributed by atoms with Crippen LogP contribution >= 0.6 is 0 Å². The highest BCUT2D eigenvalue weighted by Gasteiger charge is 2.36. The molecular weight excluding hydrogens is 422 g/mol. The molecule has 34 heavy (non-hydrogen) atoms. The molecule has 3 aromatic rings. The van der Waals surface area contributed by atoms with Crippen molar-refractivity contribution in [2.24, 2.45) is 10.9 Å². The van der Waals surface area contributed by atoms with Gasteiger partial charge in [-0.1, -0.05) is 49.6 Å². The number of fused-ring (bicyclic) bond motifs is 1. The van der Waals surface area contributed by atoms with Crippen LogP contribution in [-0.2, 0) is 0 Å². The minimum atomic E-state index is 0.255. The van der Waals surface area contributed by atoms with Crippen LogP contribution in [0.15, 0.2) is 59.7 Å². The number of guanidine groups is 1. The summed E-state index contributed by atoms with van der Waals surface area (Å²) in [6.07, 6.45) is 10.2. The van der Waals surface area contributed by atoms with Crippen molar-refractivity contribution in [3.8, 4) is 6.19 Å². The molecule has 0 radical (unpaired) electrons. The zero-order valence-corrected chi connectivity index (χ0v) is 19.7. The first-order chi connectivity index (χ1) is 16.7. The van der Waals surface area contributed by atoms with E-state index in [0.717, 1.165) is 47.7 Å². The molecule has 7 nitrogen and oxygen atoms in total. The SMILES string of the molecule is Cc1ccccc1N/C(=N/C#N)N1CCN(c2cnc3ccccc3n2)CC1C1CCCCC1. The summed E-state index contributed by atoms with van der Waals surface area (Å²) in [5, 5.41) is 13.0. The molecule has 0 bridgehead atoms. The number of hydrogen-bond acceptors (Lipinski definition) is 5. The van der Waals surface area contributed by atoms with E-state index in [-0.39, 0.29) is 6.04 Å². The number of nitriles is 1. The van der Waals surface area contributed by atoms with Gasteiger partial charge >= 0.3 is 0 Å². The maximum atomic E-state index is 9.51. The van der Waals surface area contributed by atoms with Gasteiger partial charge in [0.2, 0.25) is 12.2 Å². The molecular formula is C27H31N7. The molecule has 2 aliphatic rings. The fraction of sp³-hybridized carbons (Fsp3) is 0.407. The second kappa shape index (κ2) is 10.1. The van der Waals surface area contributed by atoms with E-state index >= 15 is 0 Å². The van der Waals surface area contributed by atoms with Crippen LogP contribution in [0.4, 0.5) is 11.5 Å². The third-order valence-corrected chi connectivity index (χ3v) is 7.19. The number of nitrogens with zero attached hydrogens (tertiary/aromatic N) is 6. The Balaban J connectivity index is 1.44. The summed E-state index contributed by atoms with van der Waals surface area (Å²) in [6.45, 7) is 4.49. The van der Waals surface area contributed by atoms with Crippen LogP contribution in [-0.4, -0.2) is 46.5 Å². The van der Waals surface area contributed by atoms with Gasteiger partial charge in [-0.15, -0.1) is 4.99 Å². The molecule has 2 heterocycles. The molecule has 1 unspecified atom stereocenters. The number of benzene rings is 2. The van der Waals surface area contributed by atoms with E-state index in [9.17, 15) is 5.26 Å². The summed E-state index contributed by atoms with van der Waals surface area (Å²) >= 11 is 0. The Morgan fingerprint density at radius 3 is 2.59 bits per heavy atom. The number of para-hydroxylation sites is 3. The van der Waals surface area contributed by atoms with E-state index in [1.54, 1.807) is 0 Å². The highest BCUT2D eigenvalue weighted by atomic mass is 15.4. The Bertz CT molecular complexity index is 1210. The largest absolute Gasteiger partial charge is 0.351 e. The van der Waals surface area contributed by atoms with Crippen molar-refractivity contribution in [3.63, 3.8) is 0 Å². The molecule has 1 N–H and O–H groups in total. The standard InChI is InChI=1S/C27H31N7/c1-20-9-5-6-12-22(20)32-27(30-19-28)34-16-15-33(18-25(34)21-10-3-2-4-11-21)26-17-29-23-13-7-8-14-24(23)31-26/h5-9,12-14,17,21,25H,2-4,10-11,15-16,18H2,1H3,(H,30,32). The quantitative estimate of drug-likeness (QED) is 0.343. The van der Waals surface area contributed by atoms with Gasteiger partial charge in [0, 0.05) is 25.3 Å². The molecule has 1 atom stereocenters. The summed E-state index contributed by atoms with van der Waals surface area (Å²) < 4.78 is 0. The zero-order valence-electron chi connectivity index (χ0n) is 19.7. The Labute approximate surface area is 201 Å². The number of aliphatic imine (C=N–C) groups is 1. The second-order valence-electron chi connectivity index (χ2n) is 9.30. The van der Waals surface area contributed by atoms with Gasteiger partial charge in [0.1, 0.15) is 5.82 Å². The molecule has 1 aromatic heterocycles. The highest BCUT2D eigenvalue weighted by Crippen LogP contribution is 2.32. The van der Waals surface area contributed by atoms with Crippen LogP contribution in [0, 0.1) is 24.3 Å². The number of anilines is 2. The minimum Gasteiger partial charge on any atom is -0.351 e. The molecule has 0 spiro atoms. The number of nitrogens with one attached hydrogen (secondary N) is 1. The van der Waals surface area contributed by atoms with Gasteiger partial charge in [-0.05, 0) is 49.4 Å². The number of aromatic nitrogens is 2. The van der Waals surface area contributed by atoms with Crippen molar-refractivity contribution < 1.29 is 0 Å². The van der Waals surface area contributed by atoms with Crippen LogP contribution in [0.5, 0.6) is 0 Å². The topological polar surface area (TPSA) is 80.4 Å². The lowest BCUT2D eigenvalue weighted by atomic mass is 9.82. The van der Waals surface area contributed by atoms with E-state index in [0.29, 0.717) is 11.9 Å². The Morgan fingerprint density at radius 2 is 1.79 bits per heavy atom. The van der Waals surface area contributed by atoms with Crippen molar-refractivity contribution in [1.82, 2.24) is 14.9 Å². The summed E-state index contributed by atoms with van der Waals surface area (Å²) in [4.78, 5) is 18.5. The average molecular weight is 454 g/mol. The number of hydrogen-bond donors (Lipinski definition) is 1. The predicted molar refractivity (Wildman–Crippen MR) is 137 cm³/mol. The minimum absolute atomic E-state index is 0.255. The third kappa shape index (κ3) is 4.67. The fourth-order valence-corrected chi connectivity index (χ4v) is 5.35. The van der Waals surface area contributed by atoms with Crippen LogP contribution in [0.25, 0.3) is 11.0 Å².